The van der Waals surface area contributed by atoms with Gasteiger partial charge in [0.1, 0.15) is 0 Å². The molecular weight excluding hydrogens is 494 g/mol. The van der Waals surface area contributed by atoms with Gasteiger partial charge in [0, 0.05) is 0 Å². The van der Waals surface area contributed by atoms with Gasteiger partial charge in [-0.25, -0.2) is 22.0 Å². The highest BCUT2D eigenvalue weighted by Gasteiger charge is 2.87. The second-order valence-corrected chi connectivity index (χ2v) is 8.43. The third-order valence-electron chi connectivity index (χ3n) is 2.90. The average Bonchev–Trinajstić information content (AvgIpc) is 2.54. The molecule has 0 radical (unpaired) electrons. The smallest absolute Gasteiger partial charge is 0.202 e. The van der Waals surface area contributed by atoms with Crippen molar-refractivity contribution in [1.82, 2.24) is 0 Å². The summed E-state index contributed by atoms with van der Waals surface area (Å²) >= 11 is 0. The molecule has 0 saturated carbocycles. The van der Waals surface area contributed by atoms with Gasteiger partial charge in [0.15, 0.2) is 23.3 Å². The molecule has 0 fully saturated rings. The SMILES string of the molecule is O=[N+](S(=O)(=O)c1c(F)c(F)c(F)c(F)c1F)S(=O)(=O)C(F)(C(F)(F)F)C(F)(F)F. The molecule has 166 valence electrons. The maximum absolute atomic E-state index is 13.6. The molecule has 20 heteroatoms. The Balaban J connectivity index is 3.97. The van der Waals surface area contributed by atoms with Gasteiger partial charge < -0.3 is 0 Å². The van der Waals surface area contributed by atoms with Crippen LogP contribution in [0, 0.1) is 34.0 Å². The van der Waals surface area contributed by atoms with Crippen molar-refractivity contribution in [3.63, 3.8) is 0 Å². The van der Waals surface area contributed by atoms with Gasteiger partial charge in [-0.05, 0) is 0 Å². The fourth-order valence-corrected chi connectivity index (χ4v) is 4.71. The molecule has 0 atom stereocenters. The lowest BCUT2D eigenvalue weighted by Crippen LogP contribution is -2.61. The first kappa shape index (κ1) is 24.9. The number of alkyl halides is 7. The van der Waals surface area contributed by atoms with E-state index in [1.165, 1.54) is 0 Å². The van der Waals surface area contributed by atoms with Gasteiger partial charge >= 0.3 is 37.4 Å². The van der Waals surface area contributed by atoms with Crippen LogP contribution in [0.1, 0.15) is 0 Å². The summed E-state index contributed by atoms with van der Waals surface area (Å²) in [6.45, 7) is 0. The molecule has 0 N–H and O–H groups in total. The highest BCUT2D eigenvalue weighted by atomic mass is 32.3. The fourth-order valence-electron chi connectivity index (χ4n) is 1.57. The number of hydrogen-bond acceptors (Lipinski definition) is 5. The van der Waals surface area contributed by atoms with Crippen LogP contribution < -0.4 is 0 Å². The standard InChI is InChI=1S/C9F12NO5S2/c10-1-2(11)4(13)6(5(14)3(1)12)28(24,25)22(23)29(26,27)7(15,8(16,17)18)9(19,20)21/q+1. The number of halogens is 12. The molecule has 0 aliphatic carbocycles. The van der Waals surface area contributed by atoms with E-state index in [1.807, 2.05) is 0 Å². The van der Waals surface area contributed by atoms with E-state index in [2.05, 4.69) is 0 Å². The number of benzene rings is 1. The zero-order valence-electron chi connectivity index (χ0n) is 12.3. The van der Waals surface area contributed by atoms with E-state index in [0.29, 0.717) is 0 Å². The largest absolute Gasteiger partial charge is 0.480 e. The average molecular weight is 494 g/mol. The van der Waals surface area contributed by atoms with E-state index in [0.717, 1.165) is 0 Å². The van der Waals surface area contributed by atoms with Gasteiger partial charge in [-0.3, -0.25) is 0 Å². The summed E-state index contributed by atoms with van der Waals surface area (Å²) in [4.78, 5) is 7.82. The molecule has 0 heterocycles. The Morgan fingerprint density at radius 1 is 0.586 bits per heavy atom. The van der Waals surface area contributed by atoms with Gasteiger partial charge in [-0.2, -0.15) is 47.6 Å². The van der Waals surface area contributed by atoms with Crippen molar-refractivity contribution in [2.24, 2.45) is 0 Å². The zero-order valence-corrected chi connectivity index (χ0v) is 14.0. The number of hydrogen-bond donors (Lipinski definition) is 0. The quantitative estimate of drug-likeness (QED) is 0.278. The van der Waals surface area contributed by atoms with Gasteiger partial charge in [0.05, 0.1) is 4.91 Å². The Hall–Kier alpha value is -2.12. The van der Waals surface area contributed by atoms with Crippen molar-refractivity contribution in [2.75, 3.05) is 0 Å². The Kier molecular flexibility index (Phi) is 5.76. The summed E-state index contributed by atoms with van der Waals surface area (Å²) in [6.07, 6.45) is -15.2. The molecule has 0 amide bonds. The first-order valence-electron chi connectivity index (χ1n) is 5.89. The summed E-state index contributed by atoms with van der Waals surface area (Å²) in [5.41, 5.74) is 0. The highest BCUT2D eigenvalue weighted by molar-refractivity contribution is 7.98. The predicted molar refractivity (Wildman–Crippen MR) is 61.9 cm³/mol. The maximum Gasteiger partial charge on any atom is 0.480 e. The molecule has 6 nitrogen and oxygen atoms in total. The Labute approximate surface area is 150 Å². The van der Waals surface area contributed by atoms with Crippen molar-refractivity contribution in [3.8, 4) is 0 Å². The first-order chi connectivity index (χ1) is 12.6. The summed E-state index contributed by atoms with van der Waals surface area (Å²) in [5, 5.41) is -7.65. The number of nitrogens with zero attached hydrogens (tertiary/aromatic N) is 1. The van der Waals surface area contributed by atoms with Gasteiger partial charge in [-0.15, -0.1) is 0 Å². The lowest BCUT2D eigenvalue weighted by molar-refractivity contribution is -0.324. The molecule has 0 aliphatic heterocycles. The minimum absolute atomic E-state index is 3.09. The molecular formula is C9F12NO5S2+. The lowest BCUT2D eigenvalue weighted by atomic mass is 10.3. The third-order valence-corrected chi connectivity index (χ3v) is 6.92. The van der Waals surface area contributed by atoms with Crippen LogP contribution in [0.4, 0.5) is 52.7 Å². The van der Waals surface area contributed by atoms with Crippen LogP contribution in [0.25, 0.3) is 0 Å². The summed E-state index contributed by atoms with van der Waals surface area (Å²) in [6, 6.07) is 0. The minimum Gasteiger partial charge on any atom is -0.202 e. The summed E-state index contributed by atoms with van der Waals surface area (Å²) in [7, 11) is -15.9. The molecule has 0 aliphatic rings. The first-order valence-corrected chi connectivity index (χ1v) is 8.77. The maximum atomic E-state index is 13.6. The van der Waals surface area contributed by atoms with Gasteiger partial charge in [-0.1, -0.05) is 0 Å². The summed E-state index contributed by atoms with van der Waals surface area (Å²) in [5.74, 6) is -16.5. The van der Waals surface area contributed by atoms with Crippen molar-refractivity contribution >= 4 is 20.0 Å². The van der Waals surface area contributed by atoms with E-state index in [-0.39, 0.29) is 0 Å². The van der Waals surface area contributed by atoms with Crippen molar-refractivity contribution in [3.05, 3.63) is 34.0 Å². The molecule has 1 aromatic carbocycles. The lowest BCUT2D eigenvalue weighted by Gasteiger charge is -2.24. The van der Waals surface area contributed by atoms with E-state index >= 15 is 0 Å². The number of rotatable bonds is 4. The Bertz CT molecular complexity index is 1050. The van der Waals surface area contributed by atoms with Crippen molar-refractivity contribution in [2.45, 2.75) is 22.2 Å². The van der Waals surface area contributed by atoms with Crippen LogP contribution in [0.15, 0.2) is 4.90 Å². The van der Waals surface area contributed by atoms with E-state index in [9.17, 15) is 74.4 Å². The second kappa shape index (κ2) is 6.71. The van der Waals surface area contributed by atoms with Crippen LogP contribution in [0.2, 0.25) is 0 Å². The van der Waals surface area contributed by atoms with Crippen LogP contribution in [-0.2, 0) is 20.0 Å². The molecule has 0 aromatic heterocycles. The molecule has 1 rings (SSSR count). The molecule has 0 bridgehead atoms. The molecule has 1 aromatic rings. The van der Waals surface area contributed by atoms with Crippen LogP contribution in [0.3, 0.4) is 0 Å². The number of nitroso groups, excluding NO2 is 1. The van der Waals surface area contributed by atoms with Crippen LogP contribution in [-0.4, -0.2) is 37.8 Å². The summed E-state index contributed by atoms with van der Waals surface area (Å²) < 4.78 is 196. The topological polar surface area (TPSA) is 88.4 Å². The second-order valence-electron chi connectivity index (χ2n) is 4.66. The monoisotopic (exact) mass is 494 g/mol. The van der Waals surface area contributed by atoms with Crippen molar-refractivity contribution < 1.29 is 73.1 Å². The predicted octanol–water partition coefficient (Wildman–Crippen LogP) is 2.97. The van der Waals surface area contributed by atoms with Crippen LogP contribution >= 0.6 is 0 Å². The third kappa shape index (κ3) is 3.30. The fraction of sp³-hybridized carbons (Fsp3) is 0.333. The Morgan fingerprint density at radius 3 is 1.14 bits per heavy atom. The van der Waals surface area contributed by atoms with E-state index in [1.54, 1.807) is 0 Å². The van der Waals surface area contributed by atoms with Crippen LogP contribution in [0.5, 0.6) is 0 Å². The molecule has 29 heavy (non-hydrogen) atoms. The Morgan fingerprint density at radius 2 is 0.862 bits per heavy atom. The van der Waals surface area contributed by atoms with E-state index < -0.39 is 75.0 Å². The molecule has 0 unspecified atom stereocenters. The van der Waals surface area contributed by atoms with Gasteiger partial charge in [0.2, 0.25) is 10.7 Å². The molecule has 0 spiro atoms. The minimum atomic E-state index is -8.39. The van der Waals surface area contributed by atoms with Gasteiger partial charge in [0.25, 0.3) is 3.57 Å². The zero-order chi connectivity index (χ0) is 23.5. The van der Waals surface area contributed by atoms with Crippen molar-refractivity contribution in [1.29, 1.82) is 0 Å². The molecule has 0 saturated heterocycles. The normalized spacial score (nSPS) is 14.2. The number of sulfonamides is 2. The highest BCUT2D eigenvalue weighted by Crippen LogP contribution is 2.50. The van der Waals surface area contributed by atoms with E-state index in [4.69, 9.17) is 0 Å².